The van der Waals surface area contributed by atoms with Gasteiger partial charge in [-0.2, -0.15) is 0 Å². The molecular formula is C20H27N5O. The number of carbonyl (C=O) groups excluding carboxylic acids is 1. The second-order valence-corrected chi connectivity index (χ2v) is 7.29. The number of hydrogen-bond acceptors (Lipinski definition) is 4. The van der Waals surface area contributed by atoms with Gasteiger partial charge in [0.15, 0.2) is 5.82 Å². The van der Waals surface area contributed by atoms with Gasteiger partial charge >= 0.3 is 0 Å². The molecule has 0 saturated heterocycles. The number of rotatable bonds is 4. The highest BCUT2D eigenvalue weighted by Crippen LogP contribution is 2.26. The fraction of sp³-hybridized carbons (Fsp3) is 0.550. The van der Waals surface area contributed by atoms with E-state index >= 15 is 0 Å². The van der Waals surface area contributed by atoms with Gasteiger partial charge in [-0.3, -0.25) is 4.79 Å². The lowest BCUT2D eigenvalue weighted by atomic mass is 9.90. The van der Waals surface area contributed by atoms with Crippen molar-refractivity contribution in [2.24, 2.45) is 0 Å². The minimum atomic E-state index is -0.152. The van der Waals surface area contributed by atoms with E-state index in [0.717, 1.165) is 49.6 Å². The number of nitrogens with zero attached hydrogens (tertiary/aromatic N) is 3. The molecule has 1 aromatic carbocycles. The van der Waals surface area contributed by atoms with Gasteiger partial charge in [-0.25, -0.2) is 0 Å². The van der Waals surface area contributed by atoms with Crippen LogP contribution in [0.25, 0.3) is 0 Å². The molecule has 2 N–H and O–H groups in total. The van der Waals surface area contributed by atoms with Crippen LogP contribution in [-0.4, -0.2) is 27.2 Å². The van der Waals surface area contributed by atoms with Crippen molar-refractivity contribution in [3.05, 3.63) is 47.0 Å². The first-order valence-corrected chi connectivity index (χ1v) is 9.78. The van der Waals surface area contributed by atoms with Gasteiger partial charge in [0.25, 0.3) is 0 Å². The van der Waals surface area contributed by atoms with E-state index in [1.54, 1.807) is 0 Å². The third-order valence-electron chi connectivity index (χ3n) is 5.59. The predicted molar refractivity (Wildman–Crippen MR) is 99.6 cm³/mol. The second kappa shape index (κ2) is 7.58. The summed E-state index contributed by atoms with van der Waals surface area (Å²) >= 11 is 0. The highest BCUT2D eigenvalue weighted by molar-refractivity contribution is 5.85. The van der Waals surface area contributed by atoms with Gasteiger partial charge in [-0.15, -0.1) is 10.2 Å². The molecule has 2 aliphatic rings. The van der Waals surface area contributed by atoms with E-state index in [4.69, 9.17) is 0 Å². The van der Waals surface area contributed by atoms with Crippen LogP contribution < -0.4 is 10.6 Å². The van der Waals surface area contributed by atoms with E-state index < -0.39 is 0 Å². The first kappa shape index (κ1) is 17.2. The highest BCUT2D eigenvalue weighted by atomic mass is 16.2. The first-order chi connectivity index (χ1) is 12.8. The Morgan fingerprint density at radius 1 is 1.31 bits per heavy atom. The van der Waals surface area contributed by atoms with Crippen LogP contribution in [0.15, 0.2) is 24.3 Å². The third kappa shape index (κ3) is 3.26. The maximum absolute atomic E-state index is 13.1. The molecule has 1 amide bonds. The Morgan fingerprint density at radius 2 is 2.19 bits per heavy atom. The minimum absolute atomic E-state index is 0.0717. The minimum Gasteiger partial charge on any atom is -0.346 e. The van der Waals surface area contributed by atoms with Crippen molar-refractivity contribution in [2.45, 2.75) is 64.1 Å². The maximum atomic E-state index is 13.1. The Morgan fingerprint density at radius 3 is 3.08 bits per heavy atom. The summed E-state index contributed by atoms with van der Waals surface area (Å²) in [6, 6.07) is 8.12. The summed E-state index contributed by atoms with van der Waals surface area (Å²) in [5.74, 6) is 1.90. The Balaban J connectivity index is 1.55. The van der Waals surface area contributed by atoms with Crippen molar-refractivity contribution in [2.75, 3.05) is 6.54 Å². The smallest absolute Gasteiger partial charge is 0.229 e. The van der Waals surface area contributed by atoms with Gasteiger partial charge in [0, 0.05) is 26.1 Å². The largest absolute Gasteiger partial charge is 0.346 e. The molecule has 0 fully saturated rings. The number of amides is 1. The van der Waals surface area contributed by atoms with Crippen molar-refractivity contribution >= 4 is 5.91 Å². The van der Waals surface area contributed by atoms with Crippen LogP contribution in [0.3, 0.4) is 0 Å². The average Bonchev–Trinajstić information content (AvgIpc) is 2.93. The lowest BCUT2D eigenvalue weighted by Gasteiger charge is -2.27. The van der Waals surface area contributed by atoms with Crippen molar-refractivity contribution in [1.82, 2.24) is 25.4 Å². The molecule has 2 aromatic rings. The summed E-state index contributed by atoms with van der Waals surface area (Å²) in [7, 11) is 0. The van der Waals surface area contributed by atoms with Gasteiger partial charge in [-0.05, 0) is 30.4 Å². The summed E-state index contributed by atoms with van der Waals surface area (Å²) in [4.78, 5) is 13.1. The van der Waals surface area contributed by atoms with Crippen LogP contribution in [0, 0.1) is 0 Å². The second-order valence-electron chi connectivity index (χ2n) is 7.29. The number of aromatic nitrogens is 3. The molecule has 3 heterocycles. The van der Waals surface area contributed by atoms with Crippen LogP contribution in [0.5, 0.6) is 0 Å². The number of hydrogen-bond donors (Lipinski definition) is 2. The molecular weight excluding hydrogens is 326 g/mol. The van der Waals surface area contributed by atoms with E-state index in [-0.39, 0.29) is 17.9 Å². The molecule has 2 atom stereocenters. The molecule has 4 rings (SSSR count). The standard InChI is InChI=1S/C20H27N5O/c1-2-17(19-24-23-18-10-4-3-7-11-25(18)19)22-20(26)16-13-21-12-14-8-5-6-9-15(14)16/h5-6,8-9,16-17,21H,2-4,7,10-13H2,1H3,(H,22,26). The van der Waals surface area contributed by atoms with Gasteiger partial charge in [0.05, 0.1) is 12.0 Å². The summed E-state index contributed by atoms with van der Waals surface area (Å²) in [6.07, 6.45) is 5.35. The zero-order chi connectivity index (χ0) is 17.9. The van der Waals surface area contributed by atoms with Crippen molar-refractivity contribution in [3.63, 3.8) is 0 Å². The van der Waals surface area contributed by atoms with E-state index in [9.17, 15) is 4.79 Å². The number of nitrogens with one attached hydrogen (secondary N) is 2. The molecule has 6 nitrogen and oxygen atoms in total. The van der Waals surface area contributed by atoms with Gasteiger partial charge < -0.3 is 15.2 Å². The summed E-state index contributed by atoms with van der Waals surface area (Å²) in [6.45, 7) is 4.56. The van der Waals surface area contributed by atoms with E-state index in [2.05, 4.69) is 44.5 Å². The van der Waals surface area contributed by atoms with Crippen LogP contribution in [0.1, 0.15) is 67.3 Å². The number of carbonyl (C=O) groups is 1. The maximum Gasteiger partial charge on any atom is 0.229 e. The molecule has 2 aliphatic heterocycles. The number of aryl methyl sites for hydroxylation is 1. The Bertz CT molecular complexity index is 784. The van der Waals surface area contributed by atoms with E-state index in [0.29, 0.717) is 6.54 Å². The molecule has 0 radical (unpaired) electrons. The Hall–Kier alpha value is -2.21. The average molecular weight is 353 g/mol. The normalized spacial score (nSPS) is 20.6. The summed E-state index contributed by atoms with van der Waals surface area (Å²) < 4.78 is 2.23. The third-order valence-corrected chi connectivity index (χ3v) is 5.59. The van der Waals surface area contributed by atoms with Crippen molar-refractivity contribution in [1.29, 1.82) is 0 Å². The molecule has 0 spiro atoms. The predicted octanol–water partition coefficient (Wildman–Crippen LogP) is 2.46. The number of fused-ring (bicyclic) bond motifs is 2. The van der Waals surface area contributed by atoms with Crippen LogP contribution in [0.4, 0.5) is 0 Å². The zero-order valence-corrected chi connectivity index (χ0v) is 15.4. The fourth-order valence-corrected chi connectivity index (χ4v) is 4.12. The van der Waals surface area contributed by atoms with Gasteiger partial charge in [0.1, 0.15) is 5.82 Å². The Kier molecular flexibility index (Phi) is 5.02. The summed E-state index contributed by atoms with van der Waals surface area (Å²) in [5, 5.41) is 15.4. The molecule has 26 heavy (non-hydrogen) atoms. The van der Waals surface area contributed by atoms with Crippen molar-refractivity contribution in [3.8, 4) is 0 Å². The molecule has 1 aromatic heterocycles. The lowest BCUT2D eigenvalue weighted by molar-refractivity contribution is -0.123. The van der Waals surface area contributed by atoms with Crippen LogP contribution >= 0.6 is 0 Å². The topological polar surface area (TPSA) is 71.8 Å². The molecule has 138 valence electrons. The Labute approximate surface area is 154 Å². The summed E-state index contributed by atoms with van der Waals surface area (Å²) in [5.41, 5.74) is 2.35. The van der Waals surface area contributed by atoms with Gasteiger partial charge in [-0.1, -0.05) is 37.6 Å². The quantitative estimate of drug-likeness (QED) is 0.886. The van der Waals surface area contributed by atoms with Crippen LogP contribution in [0.2, 0.25) is 0 Å². The van der Waals surface area contributed by atoms with Gasteiger partial charge in [0.2, 0.25) is 5.91 Å². The van der Waals surface area contributed by atoms with Crippen LogP contribution in [-0.2, 0) is 24.3 Å². The molecule has 0 aliphatic carbocycles. The SMILES string of the molecule is CCC(NC(=O)C1CNCc2ccccc21)c1nnc2n1CCCCC2. The van der Waals surface area contributed by atoms with Crippen molar-refractivity contribution < 1.29 is 4.79 Å². The monoisotopic (exact) mass is 353 g/mol. The zero-order valence-electron chi connectivity index (χ0n) is 15.4. The fourth-order valence-electron chi connectivity index (χ4n) is 4.12. The number of benzene rings is 1. The molecule has 2 unspecified atom stereocenters. The molecule has 6 heteroatoms. The highest BCUT2D eigenvalue weighted by Gasteiger charge is 2.29. The van der Waals surface area contributed by atoms with E-state index in [1.807, 2.05) is 12.1 Å². The lowest BCUT2D eigenvalue weighted by Crippen LogP contribution is -2.40. The van der Waals surface area contributed by atoms with E-state index in [1.165, 1.54) is 18.4 Å². The molecule has 0 bridgehead atoms. The first-order valence-electron chi connectivity index (χ1n) is 9.78. The molecule has 0 saturated carbocycles.